The summed E-state index contributed by atoms with van der Waals surface area (Å²) >= 11 is 0. The Balaban J connectivity index is 1.78. The van der Waals surface area contributed by atoms with Crippen LogP contribution in [-0.4, -0.2) is 75.7 Å². The summed E-state index contributed by atoms with van der Waals surface area (Å²) < 4.78 is 58.2. The number of alkyl carbamates (subject to hydrolysis) is 1. The Labute approximate surface area is 236 Å². The van der Waals surface area contributed by atoms with Crippen molar-refractivity contribution in [2.75, 3.05) is 26.5 Å². The molecule has 0 aromatic carbocycles. The molecule has 0 radical (unpaired) electrons. The van der Waals surface area contributed by atoms with Crippen LogP contribution in [-0.2, 0) is 27.3 Å². The fourth-order valence-corrected chi connectivity index (χ4v) is 3.79. The first kappa shape index (κ1) is 31.8. The van der Waals surface area contributed by atoms with Crippen molar-refractivity contribution in [2.45, 2.75) is 44.4 Å². The molecule has 226 valence electrons. The zero-order valence-electron chi connectivity index (χ0n) is 22.9. The van der Waals surface area contributed by atoms with Gasteiger partial charge in [0.1, 0.15) is 23.1 Å². The number of aryl methyl sites for hydroxylation is 1. The quantitative estimate of drug-likeness (QED) is 0.228. The number of alkyl halides is 3. The van der Waals surface area contributed by atoms with Crippen molar-refractivity contribution in [3.63, 3.8) is 0 Å². The number of pyridine rings is 2. The van der Waals surface area contributed by atoms with Gasteiger partial charge in [-0.05, 0) is 31.1 Å². The van der Waals surface area contributed by atoms with E-state index in [2.05, 4.69) is 30.3 Å². The van der Waals surface area contributed by atoms with Gasteiger partial charge >= 0.3 is 12.3 Å². The second-order valence-electron chi connectivity index (χ2n) is 9.32. The van der Waals surface area contributed by atoms with Crippen LogP contribution in [0.25, 0.3) is 11.0 Å². The smallest absolute Gasteiger partial charge is 0.407 e. The summed E-state index contributed by atoms with van der Waals surface area (Å²) in [6.07, 6.45) is -1.63. The lowest BCUT2D eigenvalue weighted by Crippen LogP contribution is -2.44. The van der Waals surface area contributed by atoms with Gasteiger partial charge in [-0.2, -0.15) is 13.2 Å². The van der Waals surface area contributed by atoms with Crippen molar-refractivity contribution in [1.29, 1.82) is 0 Å². The summed E-state index contributed by atoms with van der Waals surface area (Å²) in [6, 6.07) is 1.67. The molecule has 3 N–H and O–H groups in total. The minimum atomic E-state index is -4.43. The van der Waals surface area contributed by atoms with Crippen LogP contribution in [0.2, 0.25) is 0 Å². The highest BCUT2D eigenvalue weighted by molar-refractivity contribution is 5.96. The van der Waals surface area contributed by atoms with Crippen molar-refractivity contribution in [2.24, 2.45) is 0 Å². The lowest BCUT2D eigenvalue weighted by molar-refractivity contribution is -0.134. The first-order chi connectivity index (χ1) is 19.8. The molecule has 42 heavy (non-hydrogen) atoms. The van der Waals surface area contributed by atoms with E-state index in [4.69, 9.17) is 0 Å². The first-order valence-electron chi connectivity index (χ1n) is 12.6. The van der Waals surface area contributed by atoms with Gasteiger partial charge in [-0.15, -0.1) is 0 Å². The normalized spacial score (nSPS) is 12.4. The summed E-state index contributed by atoms with van der Waals surface area (Å²) in [4.78, 5) is 61.5. The van der Waals surface area contributed by atoms with Crippen molar-refractivity contribution < 1.29 is 36.7 Å². The van der Waals surface area contributed by atoms with Gasteiger partial charge < -0.3 is 29.8 Å². The number of carbonyl (C=O) groups excluding carboxylic acids is 3. The van der Waals surface area contributed by atoms with E-state index in [1.165, 1.54) is 35.4 Å². The lowest BCUT2D eigenvalue weighted by atomic mass is 10.1. The maximum atomic E-state index is 14.3. The van der Waals surface area contributed by atoms with Crippen molar-refractivity contribution in [3.05, 3.63) is 64.4 Å². The zero-order chi connectivity index (χ0) is 31.0. The number of nitrogens with one attached hydrogen (secondary N) is 3. The number of likely N-dealkylation sites (N-methyl/N-ethyl adjacent to an activating group) is 1. The van der Waals surface area contributed by atoms with Crippen LogP contribution < -0.4 is 16.2 Å². The lowest BCUT2D eigenvalue weighted by Gasteiger charge is -2.17. The number of amides is 3. The van der Waals surface area contributed by atoms with E-state index in [0.717, 1.165) is 17.9 Å². The molecule has 0 aliphatic heterocycles. The van der Waals surface area contributed by atoms with Gasteiger partial charge in [-0.3, -0.25) is 19.4 Å². The molecule has 0 aliphatic rings. The predicted octanol–water partition coefficient (Wildman–Crippen LogP) is 2.89. The van der Waals surface area contributed by atoms with Crippen molar-refractivity contribution >= 4 is 34.6 Å². The van der Waals surface area contributed by atoms with E-state index >= 15 is 0 Å². The number of anilines is 1. The van der Waals surface area contributed by atoms with Gasteiger partial charge in [-0.25, -0.2) is 14.2 Å². The van der Waals surface area contributed by atoms with Crippen LogP contribution in [0.5, 0.6) is 0 Å². The predicted molar refractivity (Wildman–Crippen MR) is 143 cm³/mol. The molecule has 3 rings (SSSR count). The number of halogens is 4. The Morgan fingerprint density at radius 2 is 2.00 bits per heavy atom. The maximum absolute atomic E-state index is 14.3. The Morgan fingerprint density at radius 1 is 1.26 bits per heavy atom. The Morgan fingerprint density at radius 3 is 2.67 bits per heavy atom. The van der Waals surface area contributed by atoms with Crippen molar-refractivity contribution in [1.82, 2.24) is 29.7 Å². The number of nitrogens with zero attached hydrogens (tertiary/aromatic N) is 4. The standard InChI is InChI=1S/C26H29F4N7O5/c1-36(2)20(38)9-5-4-7-17(33-25(41)42-3)23(39)32-18-8-6-12-37(24(18)40)14-19-34-21-15(27)13-31-16(22(21)35-19)10-11-26(28,29)30/h5-6,8-9,12-13,17H,4,7,10-11,14H2,1-3H3,(H,32,39)(H,33,41)(H,34,35). The third-order valence-electron chi connectivity index (χ3n) is 5.96. The molecule has 1 atom stereocenters. The molecule has 0 bridgehead atoms. The monoisotopic (exact) mass is 595 g/mol. The van der Waals surface area contributed by atoms with Crippen LogP contribution in [0, 0.1) is 5.82 Å². The number of aromatic amines is 1. The molecular weight excluding hydrogens is 566 g/mol. The van der Waals surface area contributed by atoms with E-state index in [9.17, 15) is 36.7 Å². The van der Waals surface area contributed by atoms with Gasteiger partial charge in [0.05, 0.1) is 31.1 Å². The molecule has 0 fully saturated rings. The van der Waals surface area contributed by atoms with E-state index < -0.39 is 48.4 Å². The minimum Gasteiger partial charge on any atom is -0.453 e. The number of methoxy groups -OCH3 is 1. The number of hydrogen-bond acceptors (Lipinski definition) is 7. The molecule has 1 unspecified atom stereocenters. The molecule has 3 aromatic rings. The van der Waals surface area contributed by atoms with Crippen molar-refractivity contribution in [3.8, 4) is 0 Å². The second-order valence-corrected chi connectivity index (χ2v) is 9.32. The highest BCUT2D eigenvalue weighted by Crippen LogP contribution is 2.25. The SMILES string of the molecule is COC(=O)NC(CCC=CC(=O)N(C)C)C(=O)Nc1cccn(Cc2nc3c(F)cnc(CCC(F)(F)F)c3[nH]2)c1=O. The fourth-order valence-electron chi connectivity index (χ4n) is 3.79. The van der Waals surface area contributed by atoms with Crippen LogP contribution in [0.1, 0.15) is 30.8 Å². The van der Waals surface area contributed by atoms with Gasteiger partial charge in [0, 0.05) is 33.1 Å². The topological polar surface area (TPSA) is 151 Å². The molecular formula is C26H29F4N7O5. The molecule has 3 aromatic heterocycles. The summed E-state index contributed by atoms with van der Waals surface area (Å²) in [7, 11) is 4.27. The van der Waals surface area contributed by atoms with Gasteiger partial charge in [-0.1, -0.05) is 6.08 Å². The molecule has 0 saturated carbocycles. The van der Waals surface area contributed by atoms with Crippen LogP contribution in [0.3, 0.4) is 0 Å². The van der Waals surface area contributed by atoms with Gasteiger partial charge in [0.15, 0.2) is 5.82 Å². The largest absolute Gasteiger partial charge is 0.453 e. The van der Waals surface area contributed by atoms with E-state index in [1.54, 1.807) is 14.1 Å². The van der Waals surface area contributed by atoms with Crippen LogP contribution >= 0.6 is 0 Å². The maximum Gasteiger partial charge on any atom is 0.407 e. The highest BCUT2D eigenvalue weighted by Gasteiger charge is 2.28. The minimum absolute atomic E-state index is 0.00943. The summed E-state index contributed by atoms with van der Waals surface area (Å²) in [5, 5.41) is 4.84. The number of fused-ring (bicyclic) bond motifs is 1. The Kier molecular flexibility index (Phi) is 10.4. The average Bonchev–Trinajstić information content (AvgIpc) is 3.36. The first-order valence-corrected chi connectivity index (χ1v) is 12.6. The highest BCUT2D eigenvalue weighted by atomic mass is 19.4. The van der Waals surface area contributed by atoms with Gasteiger partial charge in [0.25, 0.3) is 5.56 Å². The number of carbonyl (C=O) groups is 3. The fraction of sp³-hybridized carbons (Fsp3) is 0.385. The van der Waals surface area contributed by atoms with E-state index in [1.807, 2.05) is 0 Å². The molecule has 0 saturated heterocycles. The molecule has 0 aliphatic carbocycles. The summed E-state index contributed by atoms with van der Waals surface area (Å²) in [6.45, 7) is -0.232. The molecule has 12 nitrogen and oxygen atoms in total. The van der Waals surface area contributed by atoms with Crippen LogP contribution in [0.15, 0.2) is 41.5 Å². The van der Waals surface area contributed by atoms with E-state index in [0.29, 0.717) is 0 Å². The number of rotatable bonds is 11. The number of hydrogen-bond donors (Lipinski definition) is 3. The Hall–Kier alpha value is -4.76. The number of allylic oxidation sites excluding steroid dienone is 1. The number of ether oxygens (including phenoxy) is 1. The summed E-state index contributed by atoms with van der Waals surface area (Å²) in [5.41, 5.74) is -1.07. The number of H-pyrrole nitrogens is 1. The molecule has 0 spiro atoms. The number of aromatic nitrogens is 4. The molecule has 3 amide bonds. The second kappa shape index (κ2) is 13.7. The molecule has 3 heterocycles. The van der Waals surface area contributed by atoms with E-state index in [-0.39, 0.29) is 53.5 Å². The van der Waals surface area contributed by atoms with Crippen LogP contribution in [0.4, 0.5) is 28.0 Å². The molecule has 16 heteroatoms. The zero-order valence-corrected chi connectivity index (χ0v) is 22.9. The average molecular weight is 596 g/mol. The third kappa shape index (κ3) is 8.62. The third-order valence-corrected chi connectivity index (χ3v) is 5.96. The number of imidazole rings is 1. The van der Waals surface area contributed by atoms with Gasteiger partial charge in [0.2, 0.25) is 11.8 Å². The Bertz CT molecular complexity index is 1530. The summed E-state index contributed by atoms with van der Waals surface area (Å²) in [5.74, 6) is -1.77.